The van der Waals surface area contributed by atoms with Gasteiger partial charge >= 0.3 is 11.9 Å². The lowest BCUT2D eigenvalue weighted by Crippen LogP contribution is -2.48. The SMILES string of the molecule is COCc1ccc(C2OCC(C)(C(=O)OC(=O)C3(C)COC(c4ccc(OC)cc4)OC3)CO2)cc1. The highest BCUT2D eigenvalue weighted by atomic mass is 16.7. The fourth-order valence-corrected chi connectivity index (χ4v) is 3.87. The minimum atomic E-state index is -1.13. The Balaban J connectivity index is 1.29. The molecule has 0 aliphatic carbocycles. The predicted molar refractivity (Wildman–Crippen MR) is 127 cm³/mol. The van der Waals surface area contributed by atoms with Gasteiger partial charge < -0.3 is 33.2 Å². The second kappa shape index (κ2) is 11.1. The molecule has 2 aliphatic heterocycles. The highest BCUT2D eigenvalue weighted by Gasteiger charge is 2.47. The van der Waals surface area contributed by atoms with Gasteiger partial charge in [-0.05, 0) is 31.5 Å². The molecule has 2 saturated heterocycles. The van der Waals surface area contributed by atoms with E-state index < -0.39 is 35.3 Å². The first kappa shape index (κ1) is 26.2. The Morgan fingerprint density at radius 3 is 1.56 bits per heavy atom. The average molecular weight is 501 g/mol. The molecule has 2 aromatic carbocycles. The van der Waals surface area contributed by atoms with E-state index in [1.165, 1.54) is 0 Å². The van der Waals surface area contributed by atoms with Crippen LogP contribution in [0.1, 0.15) is 43.1 Å². The lowest BCUT2D eigenvalue weighted by molar-refractivity contribution is -0.245. The number of hydrogen-bond acceptors (Lipinski definition) is 9. The Kier molecular flexibility index (Phi) is 8.07. The Hall–Kier alpha value is -2.82. The van der Waals surface area contributed by atoms with Gasteiger partial charge in [0, 0.05) is 18.2 Å². The van der Waals surface area contributed by atoms with Crippen LogP contribution in [0, 0.1) is 10.8 Å². The summed E-state index contributed by atoms with van der Waals surface area (Å²) >= 11 is 0. The van der Waals surface area contributed by atoms with Crippen molar-refractivity contribution in [2.75, 3.05) is 40.6 Å². The maximum atomic E-state index is 12.9. The lowest BCUT2D eigenvalue weighted by Gasteiger charge is -2.37. The van der Waals surface area contributed by atoms with Crippen molar-refractivity contribution in [2.45, 2.75) is 33.0 Å². The van der Waals surface area contributed by atoms with E-state index >= 15 is 0 Å². The van der Waals surface area contributed by atoms with E-state index in [-0.39, 0.29) is 26.4 Å². The number of carbonyl (C=O) groups is 2. The van der Waals surface area contributed by atoms with Gasteiger partial charge in [0.25, 0.3) is 0 Å². The van der Waals surface area contributed by atoms with Crippen LogP contribution in [0.3, 0.4) is 0 Å². The second-order valence-electron chi connectivity index (χ2n) is 9.65. The van der Waals surface area contributed by atoms with Gasteiger partial charge in [-0.1, -0.05) is 36.4 Å². The number of rotatable bonds is 7. The van der Waals surface area contributed by atoms with E-state index in [0.29, 0.717) is 6.61 Å². The smallest absolute Gasteiger partial charge is 0.324 e. The molecule has 2 heterocycles. The van der Waals surface area contributed by atoms with Crippen molar-refractivity contribution in [1.82, 2.24) is 0 Å². The third-order valence-corrected chi connectivity index (χ3v) is 6.33. The summed E-state index contributed by atoms with van der Waals surface area (Å²) in [5, 5.41) is 0. The molecule has 36 heavy (non-hydrogen) atoms. The van der Waals surface area contributed by atoms with Crippen molar-refractivity contribution in [3.63, 3.8) is 0 Å². The molecule has 0 aromatic heterocycles. The topological polar surface area (TPSA) is 98.8 Å². The maximum absolute atomic E-state index is 12.9. The van der Waals surface area contributed by atoms with E-state index in [9.17, 15) is 9.59 Å². The number of benzene rings is 2. The minimum absolute atomic E-state index is 0.0423. The normalized spacial score (nSPS) is 28.3. The molecule has 2 aliphatic rings. The zero-order valence-electron chi connectivity index (χ0n) is 21.0. The zero-order chi connectivity index (χ0) is 25.8. The predicted octanol–water partition coefficient (Wildman–Crippen LogP) is 3.72. The molecule has 4 rings (SSSR count). The number of carbonyl (C=O) groups excluding carboxylic acids is 2. The van der Waals surface area contributed by atoms with E-state index in [2.05, 4.69) is 0 Å². The molecule has 194 valence electrons. The molecule has 9 heteroatoms. The summed E-state index contributed by atoms with van der Waals surface area (Å²) in [7, 11) is 3.23. The standard InChI is InChI=1S/C27H32O9/c1-26(14-32-22(33-15-26)19-7-5-18(6-8-19)13-30-3)24(28)36-25(29)27(2)16-34-23(35-17-27)20-9-11-21(31-4)12-10-20/h5-12,22-23H,13-17H2,1-4H3. The average Bonchev–Trinajstić information content (AvgIpc) is 2.90. The van der Waals surface area contributed by atoms with Crippen molar-refractivity contribution >= 4 is 11.9 Å². The fraction of sp³-hybridized carbons (Fsp3) is 0.481. The van der Waals surface area contributed by atoms with Crippen LogP contribution in [0.25, 0.3) is 0 Å². The van der Waals surface area contributed by atoms with Crippen molar-refractivity contribution in [3.05, 3.63) is 65.2 Å². The summed E-state index contributed by atoms with van der Waals surface area (Å²) in [6.45, 7) is 3.99. The van der Waals surface area contributed by atoms with Gasteiger partial charge in [-0.2, -0.15) is 0 Å². The van der Waals surface area contributed by atoms with Crippen LogP contribution in [0.2, 0.25) is 0 Å². The van der Waals surface area contributed by atoms with Gasteiger partial charge in [0.15, 0.2) is 12.6 Å². The number of hydrogen-bond donors (Lipinski definition) is 0. The highest BCUT2D eigenvalue weighted by molar-refractivity contribution is 5.91. The largest absolute Gasteiger partial charge is 0.497 e. The van der Waals surface area contributed by atoms with E-state index in [1.54, 1.807) is 40.2 Å². The molecule has 0 bridgehead atoms. The fourth-order valence-electron chi connectivity index (χ4n) is 3.87. The van der Waals surface area contributed by atoms with E-state index in [0.717, 1.165) is 22.4 Å². The summed E-state index contributed by atoms with van der Waals surface area (Å²) in [6, 6.07) is 14.9. The lowest BCUT2D eigenvalue weighted by atomic mass is 9.90. The van der Waals surface area contributed by atoms with Crippen LogP contribution in [-0.4, -0.2) is 52.6 Å². The minimum Gasteiger partial charge on any atom is -0.497 e. The monoisotopic (exact) mass is 500 g/mol. The van der Waals surface area contributed by atoms with Crippen LogP contribution in [0.15, 0.2) is 48.5 Å². The van der Waals surface area contributed by atoms with Gasteiger partial charge in [0.2, 0.25) is 0 Å². The van der Waals surface area contributed by atoms with Crippen molar-refractivity contribution < 1.29 is 42.7 Å². The number of esters is 2. The van der Waals surface area contributed by atoms with E-state index in [1.807, 2.05) is 36.4 Å². The summed E-state index contributed by atoms with van der Waals surface area (Å²) in [4.78, 5) is 25.8. The number of ether oxygens (including phenoxy) is 7. The molecule has 0 radical (unpaired) electrons. The molecule has 9 nitrogen and oxygen atoms in total. The Morgan fingerprint density at radius 1 is 0.750 bits per heavy atom. The molecular formula is C27H32O9. The molecular weight excluding hydrogens is 468 g/mol. The van der Waals surface area contributed by atoms with Gasteiger partial charge in [0.05, 0.1) is 40.1 Å². The Bertz CT molecular complexity index is 1030. The quantitative estimate of drug-likeness (QED) is 0.416. The molecule has 0 atom stereocenters. The van der Waals surface area contributed by atoms with Crippen molar-refractivity contribution in [2.24, 2.45) is 10.8 Å². The highest BCUT2D eigenvalue weighted by Crippen LogP contribution is 2.36. The van der Waals surface area contributed by atoms with E-state index in [4.69, 9.17) is 33.2 Å². The summed E-state index contributed by atoms with van der Waals surface area (Å²) < 4.78 is 38.7. The molecule has 0 spiro atoms. The molecule has 0 saturated carbocycles. The van der Waals surface area contributed by atoms with Crippen molar-refractivity contribution in [1.29, 1.82) is 0 Å². The van der Waals surface area contributed by atoms with Crippen molar-refractivity contribution in [3.8, 4) is 5.75 Å². The summed E-state index contributed by atoms with van der Waals surface area (Å²) in [5.74, 6) is -0.699. The number of methoxy groups -OCH3 is 2. The third kappa shape index (κ3) is 5.77. The summed E-state index contributed by atoms with van der Waals surface area (Å²) in [5.41, 5.74) is 0.410. The first-order valence-corrected chi connectivity index (χ1v) is 11.7. The van der Waals surface area contributed by atoms with Crippen LogP contribution in [0.4, 0.5) is 0 Å². The molecule has 0 amide bonds. The van der Waals surface area contributed by atoms with Crippen LogP contribution < -0.4 is 4.74 Å². The van der Waals surface area contributed by atoms with Gasteiger partial charge in [-0.15, -0.1) is 0 Å². The first-order valence-electron chi connectivity index (χ1n) is 11.7. The van der Waals surface area contributed by atoms with Gasteiger partial charge in [-0.3, -0.25) is 9.59 Å². The van der Waals surface area contributed by atoms with Gasteiger partial charge in [-0.25, -0.2) is 0 Å². The maximum Gasteiger partial charge on any atom is 0.324 e. The van der Waals surface area contributed by atoms with Crippen LogP contribution in [-0.2, 0) is 44.6 Å². The molecule has 0 N–H and O–H groups in total. The van der Waals surface area contributed by atoms with Gasteiger partial charge in [0.1, 0.15) is 16.6 Å². The summed E-state index contributed by atoms with van der Waals surface area (Å²) in [6.07, 6.45) is -1.23. The van der Waals surface area contributed by atoms with Crippen LogP contribution in [0.5, 0.6) is 5.75 Å². The second-order valence-corrected chi connectivity index (χ2v) is 9.65. The molecule has 0 unspecified atom stereocenters. The Labute approximate surface area is 210 Å². The zero-order valence-corrected chi connectivity index (χ0v) is 21.0. The third-order valence-electron chi connectivity index (χ3n) is 6.33. The molecule has 2 fully saturated rings. The molecule has 2 aromatic rings. The van der Waals surface area contributed by atoms with Crippen LogP contribution >= 0.6 is 0 Å². The Morgan fingerprint density at radius 2 is 1.17 bits per heavy atom. The first-order chi connectivity index (χ1) is 17.3.